The second-order valence-corrected chi connectivity index (χ2v) is 7.24. The van der Waals surface area contributed by atoms with Gasteiger partial charge in [-0.25, -0.2) is 0 Å². The van der Waals surface area contributed by atoms with Crippen molar-refractivity contribution < 1.29 is 9.90 Å². The highest BCUT2D eigenvalue weighted by molar-refractivity contribution is 7.13. The number of aliphatic hydroxyl groups is 1. The molecule has 2 N–H and O–H groups in total. The van der Waals surface area contributed by atoms with Crippen molar-refractivity contribution in [2.75, 3.05) is 13.1 Å². The summed E-state index contributed by atoms with van der Waals surface area (Å²) in [5.41, 5.74) is 2.26. The Morgan fingerprint density at radius 1 is 1.29 bits per heavy atom. The molecule has 24 heavy (non-hydrogen) atoms. The minimum Gasteiger partial charge on any atom is -0.393 e. The van der Waals surface area contributed by atoms with Crippen molar-refractivity contribution in [2.24, 2.45) is 0 Å². The highest BCUT2D eigenvalue weighted by Crippen LogP contribution is 2.16. The van der Waals surface area contributed by atoms with Gasteiger partial charge in [-0.1, -0.05) is 41.2 Å². The van der Waals surface area contributed by atoms with Crippen LogP contribution in [0.25, 0.3) is 0 Å². The van der Waals surface area contributed by atoms with E-state index >= 15 is 0 Å². The molecule has 0 spiro atoms. The summed E-state index contributed by atoms with van der Waals surface area (Å²) in [5.74, 6) is -0.187. The third-order valence-corrected chi connectivity index (χ3v) is 5.06. The van der Waals surface area contributed by atoms with Crippen molar-refractivity contribution in [3.05, 3.63) is 45.4 Å². The van der Waals surface area contributed by atoms with Gasteiger partial charge in [-0.15, -0.1) is 10.2 Å². The smallest absolute Gasteiger partial charge is 0.282 e. The van der Waals surface area contributed by atoms with Crippen molar-refractivity contribution in [2.45, 2.75) is 39.0 Å². The fraction of sp³-hybridized carbons (Fsp3) is 0.471. The molecule has 0 radical (unpaired) electrons. The summed E-state index contributed by atoms with van der Waals surface area (Å²) < 4.78 is 0. The summed E-state index contributed by atoms with van der Waals surface area (Å²) in [7, 11) is 0. The Balaban J connectivity index is 1.50. The van der Waals surface area contributed by atoms with Gasteiger partial charge < -0.3 is 10.4 Å². The van der Waals surface area contributed by atoms with Crippen molar-refractivity contribution >= 4 is 17.2 Å². The number of hydrogen-bond donors (Lipinski definition) is 2. The van der Waals surface area contributed by atoms with Crippen LogP contribution >= 0.6 is 11.3 Å². The van der Waals surface area contributed by atoms with E-state index < -0.39 is 0 Å². The third kappa shape index (κ3) is 4.59. The maximum Gasteiger partial charge on any atom is 0.282 e. The summed E-state index contributed by atoms with van der Waals surface area (Å²) in [6, 6.07) is 8.07. The number of likely N-dealkylation sites (tertiary alicyclic amines) is 1. The summed E-state index contributed by atoms with van der Waals surface area (Å²) in [5, 5.41) is 21.8. The molecular weight excluding hydrogens is 324 g/mol. The Kier molecular flexibility index (Phi) is 5.55. The molecule has 1 amide bonds. The first kappa shape index (κ1) is 17.0. The third-order valence-electron chi connectivity index (χ3n) is 4.15. The minimum absolute atomic E-state index is 0.182. The zero-order valence-corrected chi connectivity index (χ0v) is 14.6. The maximum atomic E-state index is 12.2. The van der Waals surface area contributed by atoms with Crippen molar-refractivity contribution in [3.8, 4) is 0 Å². The first-order valence-electron chi connectivity index (χ1n) is 8.16. The maximum absolute atomic E-state index is 12.2. The summed E-state index contributed by atoms with van der Waals surface area (Å²) in [6.45, 7) is 4.92. The molecule has 0 unspecified atom stereocenters. The van der Waals surface area contributed by atoms with E-state index in [1.807, 2.05) is 31.2 Å². The predicted molar refractivity (Wildman–Crippen MR) is 92.8 cm³/mol. The van der Waals surface area contributed by atoms with Crippen LogP contribution in [0, 0.1) is 6.92 Å². The molecule has 1 saturated heterocycles. The van der Waals surface area contributed by atoms with E-state index in [-0.39, 0.29) is 12.0 Å². The van der Waals surface area contributed by atoms with Crippen LogP contribution in [-0.2, 0) is 13.1 Å². The number of benzene rings is 1. The van der Waals surface area contributed by atoms with Gasteiger partial charge in [0.25, 0.3) is 5.91 Å². The zero-order valence-electron chi connectivity index (χ0n) is 13.7. The van der Waals surface area contributed by atoms with E-state index in [1.165, 1.54) is 16.9 Å². The summed E-state index contributed by atoms with van der Waals surface area (Å²) in [4.78, 5) is 14.4. The SMILES string of the molecule is Cc1ccc(CNC(=O)c2nnc(CN3CCC(O)CC3)s2)cc1. The number of nitrogens with zero attached hydrogens (tertiary/aromatic N) is 3. The number of amides is 1. The Morgan fingerprint density at radius 2 is 2.00 bits per heavy atom. The molecule has 1 aliphatic heterocycles. The van der Waals surface area contributed by atoms with Gasteiger partial charge in [-0.3, -0.25) is 9.69 Å². The average molecular weight is 346 g/mol. The van der Waals surface area contributed by atoms with Crippen LogP contribution in [0.3, 0.4) is 0 Å². The Labute approximate surface area is 145 Å². The van der Waals surface area contributed by atoms with Crippen LogP contribution in [0.4, 0.5) is 0 Å². The number of nitrogens with one attached hydrogen (secondary N) is 1. The fourth-order valence-corrected chi connectivity index (χ4v) is 3.44. The van der Waals surface area contributed by atoms with Gasteiger partial charge in [0.15, 0.2) is 0 Å². The lowest BCUT2D eigenvalue weighted by Gasteiger charge is -2.28. The number of carbonyl (C=O) groups is 1. The number of carbonyl (C=O) groups excluding carboxylic acids is 1. The van der Waals surface area contributed by atoms with Gasteiger partial charge in [-0.05, 0) is 25.3 Å². The molecule has 2 aromatic rings. The minimum atomic E-state index is -0.187. The number of hydrogen-bond acceptors (Lipinski definition) is 6. The molecule has 128 valence electrons. The molecule has 0 saturated carbocycles. The van der Waals surface area contributed by atoms with E-state index in [2.05, 4.69) is 20.4 Å². The molecule has 6 nitrogen and oxygen atoms in total. The van der Waals surface area contributed by atoms with E-state index in [0.29, 0.717) is 18.1 Å². The first-order chi connectivity index (χ1) is 11.6. The number of aromatic nitrogens is 2. The van der Waals surface area contributed by atoms with E-state index in [0.717, 1.165) is 36.5 Å². The predicted octanol–water partition coefficient (Wildman–Crippen LogP) is 1.73. The molecule has 1 fully saturated rings. The zero-order chi connectivity index (χ0) is 16.9. The highest BCUT2D eigenvalue weighted by Gasteiger charge is 2.19. The van der Waals surface area contributed by atoms with Crippen LogP contribution in [0.15, 0.2) is 24.3 Å². The quantitative estimate of drug-likeness (QED) is 0.862. The lowest BCUT2D eigenvalue weighted by Crippen LogP contribution is -2.35. The lowest BCUT2D eigenvalue weighted by atomic mass is 10.1. The molecule has 0 bridgehead atoms. The Hall–Kier alpha value is -1.83. The van der Waals surface area contributed by atoms with Crippen molar-refractivity contribution in [3.63, 3.8) is 0 Å². The lowest BCUT2D eigenvalue weighted by molar-refractivity contribution is 0.0791. The van der Waals surface area contributed by atoms with Gasteiger partial charge in [-0.2, -0.15) is 0 Å². The number of aryl methyl sites for hydroxylation is 1. The first-order valence-corrected chi connectivity index (χ1v) is 8.98. The number of piperidine rings is 1. The monoisotopic (exact) mass is 346 g/mol. The molecule has 0 atom stereocenters. The fourth-order valence-electron chi connectivity index (χ4n) is 2.64. The Bertz CT molecular complexity index is 678. The summed E-state index contributed by atoms with van der Waals surface area (Å²) in [6.07, 6.45) is 1.41. The van der Waals surface area contributed by atoms with Crippen LogP contribution < -0.4 is 5.32 Å². The van der Waals surface area contributed by atoms with Gasteiger partial charge >= 0.3 is 0 Å². The molecule has 1 aliphatic rings. The van der Waals surface area contributed by atoms with Gasteiger partial charge in [0.2, 0.25) is 5.01 Å². The van der Waals surface area contributed by atoms with E-state index in [4.69, 9.17) is 0 Å². The van der Waals surface area contributed by atoms with Gasteiger partial charge in [0, 0.05) is 19.6 Å². The van der Waals surface area contributed by atoms with E-state index in [9.17, 15) is 9.90 Å². The normalized spacial score (nSPS) is 16.2. The number of rotatable bonds is 5. The molecule has 7 heteroatoms. The second-order valence-electron chi connectivity index (χ2n) is 6.18. The topological polar surface area (TPSA) is 78.4 Å². The van der Waals surface area contributed by atoms with Gasteiger partial charge in [0.05, 0.1) is 12.6 Å². The van der Waals surface area contributed by atoms with Crippen molar-refractivity contribution in [1.29, 1.82) is 0 Å². The molecular formula is C17H22N4O2S. The van der Waals surface area contributed by atoms with E-state index in [1.54, 1.807) is 0 Å². The summed E-state index contributed by atoms with van der Waals surface area (Å²) >= 11 is 1.33. The van der Waals surface area contributed by atoms with Crippen LogP contribution in [-0.4, -0.2) is 45.3 Å². The van der Waals surface area contributed by atoms with Crippen LogP contribution in [0.2, 0.25) is 0 Å². The highest BCUT2D eigenvalue weighted by atomic mass is 32.1. The molecule has 1 aromatic carbocycles. The molecule has 0 aliphatic carbocycles. The molecule has 3 rings (SSSR count). The van der Waals surface area contributed by atoms with Crippen LogP contribution in [0.5, 0.6) is 0 Å². The largest absolute Gasteiger partial charge is 0.393 e. The Morgan fingerprint density at radius 3 is 2.71 bits per heavy atom. The molecule has 1 aromatic heterocycles. The van der Waals surface area contributed by atoms with Crippen molar-refractivity contribution in [1.82, 2.24) is 20.4 Å². The second kappa shape index (κ2) is 7.83. The van der Waals surface area contributed by atoms with Crippen LogP contribution in [0.1, 0.15) is 38.8 Å². The molecule has 2 heterocycles. The number of aliphatic hydroxyl groups excluding tert-OH is 1. The average Bonchev–Trinajstić information content (AvgIpc) is 3.05. The van der Waals surface area contributed by atoms with Gasteiger partial charge in [0.1, 0.15) is 5.01 Å². The standard InChI is InChI=1S/C17H22N4O2S/c1-12-2-4-13(5-3-12)10-18-16(23)17-20-19-15(24-17)11-21-8-6-14(22)7-9-21/h2-5,14,22H,6-11H2,1H3,(H,18,23).